The summed E-state index contributed by atoms with van der Waals surface area (Å²) < 4.78 is 33.0. The standard InChI is InChI=1S/C18H19N3O4S2/c1-4-19-27(23,24)12-6-8-15(25-3)13(10-12)17(22)21-18-20-14-7-5-11(2)9-16(14)26-18/h5-10,19H,4H2,1-3H3,(H,20,21,22). The average molecular weight is 406 g/mol. The number of aryl methyl sites for hydroxylation is 1. The third-order valence-corrected chi connectivity index (χ3v) is 6.30. The van der Waals surface area contributed by atoms with Crippen LogP contribution in [0.2, 0.25) is 0 Å². The molecule has 9 heteroatoms. The molecule has 1 aromatic heterocycles. The van der Waals surface area contributed by atoms with Crippen LogP contribution in [-0.4, -0.2) is 33.0 Å². The van der Waals surface area contributed by atoms with Crippen molar-refractivity contribution in [2.75, 3.05) is 19.0 Å². The second-order valence-electron chi connectivity index (χ2n) is 5.81. The average Bonchev–Trinajstić information content (AvgIpc) is 3.02. The molecule has 0 aliphatic rings. The Balaban J connectivity index is 1.94. The Kier molecular flexibility index (Phi) is 5.45. The first kappa shape index (κ1) is 19.3. The number of fused-ring (bicyclic) bond motifs is 1. The number of hydrogen-bond donors (Lipinski definition) is 2. The molecule has 2 aromatic carbocycles. The lowest BCUT2D eigenvalue weighted by atomic mass is 10.2. The summed E-state index contributed by atoms with van der Waals surface area (Å²) in [5, 5.41) is 3.16. The van der Waals surface area contributed by atoms with Crippen LogP contribution >= 0.6 is 11.3 Å². The summed E-state index contributed by atoms with van der Waals surface area (Å²) in [5.74, 6) is -0.212. The molecule has 7 nitrogen and oxygen atoms in total. The molecule has 0 atom stereocenters. The van der Waals surface area contributed by atoms with Crippen LogP contribution in [0.4, 0.5) is 5.13 Å². The monoisotopic (exact) mass is 405 g/mol. The van der Waals surface area contributed by atoms with Gasteiger partial charge in [0.25, 0.3) is 5.91 Å². The van der Waals surface area contributed by atoms with Crippen molar-refractivity contribution >= 4 is 42.6 Å². The number of methoxy groups -OCH3 is 1. The second kappa shape index (κ2) is 7.63. The van der Waals surface area contributed by atoms with Crippen molar-refractivity contribution in [1.82, 2.24) is 9.71 Å². The van der Waals surface area contributed by atoms with Gasteiger partial charge in [-0.05, 0) is 42.8 Å². The zero-order valence-corrected chi connectivity index (χ0v) is 16.7. The van der Waals surface area contributed by atoms with E-state index in [1.165, 1.54) is 36.6 Å². The first-order valence-electron chi connectivity index (χ1n) is 8.20. The number of nitrogens with zero attached hydrogens (tertiary/aromatic N) is 1. The number of nitrogens with one attached hydrogen (secondary N) is 2. The predicted octanol–water partition coefficient (Wildman–Crippen LogP) is 3.16. The number of rotatable bonds is 6. The summed E-state index contributed by atoms with van der Waals surface area (Å²) in [7, 11) is -2.27. The van der Waals surface area contributed by atoms with Crippen molar-refractivity contribution in [3.05, 3.63) is 47.5 Å². The number of aromatic nitrogens is 1. The van der Waals surface area contributed by atoms with E-state index >= 15 is 0 Å². The summed E-state index contributed by atoms with van der Waals surface area (Å²) in [5.41, 5.74) is 2.01. The highest BCUT2D eigenvalue weighted by Crippen LogP contribution is 2.28. The van der Waals surface area contributed by atoms with Gasteiger partial charge < -0.3 is 4.74 Å². The molecule has 0 bridgehead atoms. The van der Waals surface area contributed by atoms with Gasteiger partial charge in [-0.25, -0.2) is 18.1 Å². The van der Waals surface area contributed by atoms with Gasteiger partial charge in [-0.3, -0.25) is 10.1 Å². The van der Waals surface area contributed by atoms with Crippen molar-refractivity contribution < 1.29 is 17.9 Å². The smallest absolute Gasteiger partial charge is 0.261 e. The van der Waals surface area contributed by atoms with Crippen molar-refractivity contribution in [1.29, 1.82) is 0 Å². The molecule has 0 unspecified atom stereocenters. The summed E-state index contributed by atoms with van der Waals surface area (Å²) in [4.78, 5) is 17.1. The van der Waals surface area contributed by atoms with Gasteiger partial charge in [-0.2, -0.15) is 0 Å². The number of benzene rings is 2. The van der Waals surface area contributed by atoms with Gasteiger partial charge in [0.05, 0.1) is 27.8 Å². The molecule has 2 N–H and O–H groups in total. The molecule has 0 spiro atoms. The Bertz CT molecular complexity index is 1110. The van der Waals surface area contributed by atoms with Crippen LogP contribution in [0.3, 0.4) is 0 Å². The molecule has 3 aromatic rings. The molecular weight excluding hydrogens is 386 g/mol. The zero-order valence-electron chi connectivity index (χ0n) is 15.1. The molecule has 0 aliphatic heterocycles. The van der Waals surface area contributed by atoms with E-state index in [9.17, 15) is 13.2 Å². The summed E-state index contributed by atoms with van der Waals surface area (Å²) in [6.45, 7) is 3.92. The largest absolute Gasteiger partial charge is 0.496 e. The van der Waals surface area contributed by atoms with Crippen molar-refractivity contribution in [2.24, 2.45) is 0 Å². The number of ether oxygens (including phenoxy) is 1. The van der Waals surface area contributed by atoms with E-state index in [-0.39, 0.29) is 22.8 Å². The maximum atomic E-state index is 12.7. The Morgan fingerprint density at radius 3 is 2.70 bits per heavy atom. The second-order valence-corrected chi connectivity index (χ2v) is 8.61. The Labute approximate surface area is 161 Å². The molecule has 0 aliphatic carbocycles. The topological polar surface area (TPSA) is 97.4 Å². The number of anilines is 1. The highest BCUT2D eigenvalue weighted by Gasteiger charge is 2.20. The Hall–Kier alpha value is -2.49. The van der Waals surface area contributed by atoms with E-state index in [1.807, 2.05) is 25.1 Å². The van der Waals surface area contributed by atoms with Crippen LogP contribution < -0.4 is 14.8 Å². The van der Waals surface area contributed by atoms with Crippen LogP contribution in [0.1, 0.15) is 22.8 Å². The number of thiazole rings is 1. The van der Waals surface area contributed by atoms with E-state index in [0.717, 1.165) is 15.8 Å². The SMILES string of the molecule is CCNS(=O)(=O)c1ccc(OC)c(C(=O)Nc2nc3ccc(C)cc3s2)c1. The third kappa shape index (κ3) is 4.10. The van der Waals surface area contributed by atoms with E-state index in [4.69, 9.17) is 4.74 Å². The molecule has 0 fully saturated rings. The summed E-state index contributed by atoms with van der Waals surface area (Å²) in [6.07, 6.45) is 0. The fourth-order valence-corrected chi connectivity index (χ4v) is 4.58. The quantitative estimate of drug-likeness (QED) is 0.656. The normalized spacial score (nSPS) is 11.5. The van der Waals surface area contributed by atoms with Gasteiger partial charge in [0.15, 0.2) is 5.13 Å². The molecule has 1 amide bonds. The maximum absolute atomic E-state index is 12.7. The van der Waals surface area contributed by atoms with Crippen LogP contribution in [0.15, 0.2) is 41.3 Å². The minimum atomic E-state index is -3.69. The summed E-state index contributed by atoms with van der Waals surface area (Å²) >= 11 is 1.35. The first-order valence-corrected chi connectivity index (χ1v) is 10.5. The van der Waals surface area contributed by atoms with Crippen molar-refractivity contribution in [3.8, 4) is 5.75 Å². The molecular formula is C18H19N3O4S2. The number of hydrogen-bond acceptors (Lipinski definition) is 6. The van der Waals surface area contributed by atoms with Crippen molar-refractivity contribution in [2.45, 2.75) is 18.7 Å². The predicted molar refractivity (Wildman–Crippen MR) is 106 cm³/mol. The lowest BCUT2D eigenvalue weighted by Gasteiger charge is -2.11. The van der Waals surface area contributed by atoms with Crippen LogP contribution in [-0.2, 0) is 10.0 Å². The molecule has 0 radical (unpaired) electrons. The van der Waals surface area contributed by atoms with E-state index in [0.29, 0.717) is 5.13 Å². The minimum absolute atomic E-state index is 0.00442. The third-order valence-electron chi connectivity index (χ3n) is 3.82. The van der Waals surface area contributed by atoms with Crippen LogP contribution in [0.25, 0.3) is 10.2 Å². The number of carbonyl (C=O) groups excluding carboxylic acids is 1. The highest BCUT2D eigenvalue weighted by atomic mass is 32.2. The van der Waals surface area contributed by atoms with Gasteiger partial charge >= 0.3 is 0 Å². The maximum Gasteiger partial charge on any atom is 0.261 e. The Morgan fingerprint density at radius 2 is 2.00 bits per heavy atom. The molecule has 0 saturated carbocycles. The van der Waals surface area contributed by atoms with Crippen LogP contribution in [0.5, 0.6) is 5.75 Å². The van der Waals surface area contributed by atoms with Crippen LogP contribution in [0, 0.1) is 6.92 Å². The van der Waals surface area contributed by atoms with Gasteiger partial charge in [-0.1, -0.05) is 24.3 Å². The van der Waals surface area contributed by atoms with Gasteiger partial charge in [0, 0.05) is 6.54 Å². The van der Waals surface area contributed by atoms with Gasteiger partial charge in [0.2, 0.25) is 10.0 Å². The summed E-state index contributed by atoms with van der Waals surface area (Å²) in [6, 6.07) is 9.98. The van der Waals surface area contributed by atoms with Crippen molar-refractivity contribution in [3.63, 3.8) is 0 Å². The highest BCUT2D eigenvalue weighted by molar-refractivity contribution is 7.89. The molecule has 3 rings (SSSR count). The fourth-order valence-electron chi connectivity index (χ4n) is 2.55. The van der Waals surface area contributed by atoms with E-state index < -0.39 is 15.9 Å². The van der Waals surface area contributed by atoms with Gasteiger partial charge in [0.1, 0.15) is 5.75 Å². The number of carbonyl (C=O) groups is 1. The molecule has 27 heavy (non-hydrogen) atoms. The number of amides is 1. The molecule has 1 heterocycles. The molecule has 142 valence electrons. The van der Waals surface area contributed by atoms with Gasteiger partial charge in [-0.15, -0.1) is 0 Å². The minimum Gasteiger partial charge on any atom is -0.496 e. The zero-order chi connectivity index (χ0) is 19.6. The van der Waals surface area contributed by atoms with E-state index in [2.05, 4.69) is 15.0 Å². The Morgan fingerprint density at radius 1 is 1.22 bits per heavy atom. The van der Waals surface area contributed by atoms with E-state index in [1.54, 1.807) is 6.92 Å². The fraction of sp³-hybridized carbons (Fsp3) is 0.222. The lowest BCUT2D eigenvalue weighted by Crippen LogP contribution is -2.23. The number of sulfonamides is 1. The first-order chi connectivity index (χ1) is 12.8. The molecule has 0 saturated heterocycles. The lowest BCUT2D eigenvalue weighted by molar-refractivity contribution is 0.102.